The van der Waals surface area contributed by atoms with Crippen LogP contribution in [0.1, 0.15) is 10.4 Å². The van der Waals surface area contributed by atoms with E-state index in [1.807, 2.05) is 10.3 Å². The maximum atomic E-state index is 11.8. The number of methoxy groups -OCH3 is 1. The van der Waals surface area contributed by atoms with E-state index in [0.717, 1.165) is 12.3 Å². The zero-order chi connectivity index (χ0) is 15.3. The first-order valence-corrected chi connectivity index (χ1v) is 5.26. The van der Waals surface area contributed by atoms with Crippen molar-refractivity contribution in [1.29, 1.82) is 0 Å². The molecule has 0 aromatic carbocycles. The Hall–Kier alpha value is -2.75. The van der Waals surface area contributed by atoms with Crippen LogP contribution in [0.2, 0.25) is 0 Å². The van der Waals surface area contributed by atoms with Gasteiger partial charge in [-0.15, -0.1) is 0 Å². The van der Waals surface area contributed by atoms with Gasteiger partial charge in [0, 0.05) is 13.2 Å². The molecule has 10 nitrogen and oxygen atoms in total. The van der Waals surface area contributed by atoms with Crippen molar-refractivity contribution in [3.05, 3.63) is 38.3 Å². The fourth-order valence-electron chi connectivity index (χ4n) is 1.32. The van der Waals surface area contributed by atoms with E-state index >= 15 is 0 Å². The highest BCUT2D eigenvalue weighted by Crippen LogP contribution is 2.08. The van der Waals surface area contributed by atoms with Crippen LogP contribution in [0.25, 0.3) is 0 Å². The van der Waals surface area contributed by atoms with Crippen LogP contribution in [0.15, 0.2) is 17.1 Å². The minimum atomic E-state index is -1.37. The van der Waals surface area contributed by atoms with Crippen molar-refractivity contribution in [1.82, 2.24) is 10.3 Å². The summed E-state index contributed by atoms with van der Waals surface area (Å²) in [5.41, 5.74) is -1.91. The van der Waals surface area contributed by atoms with Crippen molar-refractivity contribution in [3.63, 3.8) is 0 Å². The second kappa shape index (κ2) is 6.43. The molecule has 108 valence electrons. The number of pyridine rings is 1. The minimum absolute atomic E-state index is 0.312. The average molecular weight is 285 g/mol. The van der Waals surface area contributed by atoms with E-state index in [-0.39, 0.29) is 6.61 Å². The van der Waals surface area contributed by atoms with Gasteiger partial charge < -0.3 is 20.1 Å². The lowest BCUT2D eigenvalue weighted by Crippen LogP contribution is -2.45. The van der Waals surface area contributed by atoms with Crippen LogP contribution in [0.5, 0.6) is 0 Å². The molecule has 1 heterocycles. The molecule has 0 aliphatic carbocycles. The summed E-state index contributed by atoms with van der Waals surface area (Å²) in [4.78, 5) is 45.8. The number of hydrogen-bond donors (Lipinski definition) is 3. The summed E-state index contributed by atoms with van der Waals surface area (Å²) in [6.07, 6.45) is 0.836. The predicted molar refractivity (Wildman–Crippen MR) is 64.5 cm³/mol. The minimum Gasteiger partial charge on any atom is -0.480 e. The topological polar surface area (TPSA) is 152 Å². The molecule has 0 bridgehead atoms. The van der Waals surface area contributed by atoms with Gasteiger partial charge in [-0.25, -0.2) is 4.79 Å². The fourth-order valence-corrected chi connectivity index (χ4v) is 1.32. The zero-order valence-corrected chi connectivity index (χ0v) is 10.3. The van der Waals surface area contributed by atoms with Crippen molar-refractivity contribution in [3.8, 4) is 0 Å². The second-order valence-corrected chi connectivity index (χ2v) is 3.68. The fraction of sp³-hybridized carbons (Fsp3) is 0.300. The van der Waals surface area contributed by atoms with E-state index in [0.29, 0.717) is 0 Å². The number of nitrogens with zero attached hydrogens (tertiary/aromatic N) is 1. The number of aliphatic carboxylic acids is 1. The molecule has 20 heavy (non-hydrogen) atoms. The number of aromatic amines is 1. The Morgan fingerprint density at radius 3 is 2.75 bits per heavy atom. The molecule has 0 saturated heterocycles. The monoisotopic (exact) mass is 285 g/mol. The molecule has 0 spiro atoms. The standard InChI is InChI=1S/C10H11N3O7/c1-20-4-7(10(16)17)12-9(15)6-2-5(13(18)19)3-11-8(6)14/h2-3,7H,4H2,1H3,(H,11,14)(H,12,15)(H,16,17). The van der Waals surface area contributed by atoms with E-state index in [4.69, 9.17) is 5.11 Å². The summed E-state index contributed by atoms with van der Waals surface area (Å²) >= 11 is 0. The highest BCUT2D eigenvalue weighted by molar-refractivity contribution is 5.96. The molecule has 3 N–H and O–H groups in total. The van der Waals surface area contributed by atoms with E-state index in [9.17, 15) is 24.5 Å². The van der Waals surface area contributed by atoms with Crippen molar-refractivity contribution >= 4 is 17.6 Å². The van der Waals surface area contributed by atoms with Crippen LogP contribution in [0.3, 0.4) is 0 Å². The van der Waals surface area contributed by atoms with Gasteiger partial charge in [0.15, 0.2) is 6.04 Å². The Labute approximate surface area is 111 Å². The number of rotatable bonds is 6. The third kappa shape index (κ3) is 3.62. The lowest BCUT2D eigenvalue weighted by atomic mass is 10.2. The van der Waals surface area contributed by atoms with Crippen LogP contribution in [0.4, 0.5) is 5.69 Å². The normalized spacial score (nSPS) is 11.7. The number of aromatic nitrogens is 1. The van der Waals surface area contributed by atoms with Crippen molar-refractivity contribution in [2.45, 2.75) is 6.04 Å². The van der Waals surface area contributed by atoms with Gasteiger partial charge in [-0.3, -0.25) is 19.7 Å². The summed E-state index contributed by atoms with van der Waals surface area (Å²) < 4.78 is 4.60. The summed E-state index contributed by atoms with van der Waals surface area (Å²) in [6.45, 7) is -0.312. The third-order valence-electron chi connectivity index (χ3n) is 2.28. The summed E-state index contributed by atoms with van der Waals surface area (Å²) in [5, 5.41) is 21.4. The molecule has 1 rings (SSSR count). The maximum Gasteiger partial charge on any atom is 0.328 e. The van der Waals surface area contributed by atoms with E-state index in [2.05, 4.69) is 4.74 Å². The predicted octanol–water partition coefficient (Wildman–Crippen LogP) is -0.887. The summed E-state index contributed by atoms with van der Waals surface area (Å²) in [6, 6.07) is -0.606. The van der Waals surface area contributed by atoms with Gasteiger partial charge in [-0.2, -0.15) is 0 Å². The van der Waals surface area contributed by atoms with Crippen molar-refractivity contribution in [2.75, 3.05) is 13.7 Å². The number of ether oxygens (including phenoxy) is 1. The summed E-state index contributed by atoms with van der Waals surface area (Å²) in [7, 11) is 1.24. The number of carboxylic acids is 1. The zero-order valence-electron chi connectivity index (χ0n) is 10.3. The van der Waals surface area contributed by atoms with Gasteiger partial charge in [0.1, 0.15) is 5.56 Å². The van der Waals surface area contributed by atoms with E-state index < -0.39 is 39.7 Å². The Morgan fingerprint density at radius 1 is 1.60 bits per heavy atom. The Kier molecular flexibility index (Phi) is 4.92. The Morgan fingerprint density at radius 2 is 2.25 bits per heavy atom. The van der Waals surface area contributed by atoms with E-state index in [1.165, 1.54) is 7.11 Å². The quantitative estimate of drug-likeness (QED) is 0.453. The molecule has 0 fully saturated rings. The van der Waals surface area contributed by atoms with E-state index in [1.54, 1.807) is 0 Å². The van der Waals surface area contributed by atoms with Crippen molar-refractivity contribution < 1.29 is 24.4 Å². The van der Waals surface area contributed by atoms with Crippen LogP contribution < -0.4 is 10.9 Å². The number of nitro groups is 1. The third-order valence-corrected chi connectivity index (χ3v) is 2.28. The molecule has 1 aromatic rings. The molecule has 1 aromatic heterocycles. The van der Waals surface area contributed by atoms with Crippen LogP contribution in [0, 0.1) is 10.1 Å². The van der Waals surface area contributed by atoms with Crippen LogP contribution >= 0.6 is 0 Å². The second-order valence-electron chi connectivity index (χ2n) is 3.68. The number of amides is 1. The molecular weight excluding hydrogens is 274 g/mol. The van der Waals surface area contributed by atoms with Crippen LogP contribution in [-0.4, -0.2) is 46.6 Å². The maximum absolute atomic E-state index is 11.8. The molecule has 0 aliphatic rings. The molecular formula is C10H11N3O7. The van der Waals surface area contributed by atoms with Crippen molar-refractivity contribution in [2.24, 2.45) is 0 Å². The SMILES string of the molecule is COCC(NC(=O)c1cc([N+](=O)[O-])c[nH]c1=O)C(=O)O. The molecule has 1 atom stereocenters. The van der Waals surface area contributed by atoms with Gasteiger partial charge >= 0.3 is 5.97 Å². The van der Waals surface area contributed by atoms with Gasteiger partial charge in [-0.1, -0.05) is 0 Å². The molecule has 0 aliphatic heterocycles. The molecule has 0 saturated carbocycles. The number of carboxylic acid groups (broad SMARTS) is 1. The highest BCUT2D eigenvalue weighted by Gasteiger charge is 2.23. The number of carbonyl (C=O) groups is 2. The van der Waals surface area contributed by atoms with Gasteiger partial charge in [0.2, 0.25) is 0 Å². The van der Waals surface area contributed by atoms with Gasteiger partial charge in [0.25, 0.3) is 17.2 Å². The molecule has 1 amide bonds. The molecule has 10 heteroatoms. The Bertz CT molecular complexity index is 595. The number of nitrogens with one attached hydrogen (secondary N) is 2. The summed E-state index contributed by atoms with van der Waals surface area (Å²) in [5.74, 6) is -2.40. The first-order valence-electron chi connectivity index (χ1n) is 5.26. The first kappa shape index (κ1) is 15.3. The number of carbonyl (C=O) groups excluding carboxylic acids is 1. The van der Waals surface area contributed by atoms with Gasteiger partial charge in [0.05, 0.1) is 17.7 Å². The average Bonchev–Trinajstić information content (AvgIpc) is 2.38. The number of hydrogen-bond acceptors (Lipinski definition) is 6. The highest BCUT2D eigenvalue weighted by atomic mass is 16.6. The number of H-pyrrole nitrogens is 1. The molecule has 1 unspecified atom stereocenters. The Balaban J connectivity index is 3.02. The van der Waals surface area contributed by atoms with Gasteiger partial charge in [-0.05, 0) is 0 Å². The first-order chi connectivity index (χ1) is 9.36. The van der Waals surface area contributed by atoms with Crippen LogP contribution in [-0.2, 0) is 9.53 Å². The lowest BCUT2D eigenvalue weighted by molar-refractivity contribution is -0.385. The molecule has 0 radical (unpaired) electrons. The smallest absolute Gasteiger partial charge is 0.328 e. The lowest BCUT2D eigenvalue weighted by Gasteiger charge is -2.12. The largest absolute Gasteiger partial charge is 0.480 e.